The van der Waals surface area contributed by atoms with Crippen LogP contribution in [0, 0.1) is 11.3 Å². The molecule has 4 nitrogen and oxygen atoms in total. The molecule has 0 fully saturated rings. The number of nitrogens with zero attached hydrogens (tertiary/aromatic N) is 2. The number of halogens is 3. The molecule has 18 heavy (non-hydrogen) atoms. The van der Waals surface area contributed by atoms with Crippen molar-refractivity contribution in [2.45, 2.75) is 13.1 Å². The average molecular weight is 260 g/mol. The standard InChI is InChI=1S/C11H15F3N4/c1-7(10(15)16)6-18(2)9-5-3-4-8(17-9)11(12,13)14/h3-5,7H,6H2,1-2H3,(H3,15,16). The van der Waals surface area contributed by atoms with Crippen molar-refractivity contribution >= 4 is 11.7 Å². The Kier molecular flexibility index (Phi) is 4.15. The molecule has 1 unspecified atom stereocenters. The summed E-state index contributed by atoms with van der Waals surface area (Å²) >= 11 is 0. The van der Waals surface area contributed by atoms with E-state index in [0.29, 0.717) is 6.54 Å². The fraction of sp³-hybridized carbons (Fsp3) is 0.455. The van der Waals surface area contributed by atoms with Gasteiger partial charge in [-0.3, -0.25) is 5.41 Å². The Bertz CT molecular complexity index is 431. The molecule has 1 atom stereocenters. The van der Waals surface area contributed by atoms with Crippen LogP contribution in [0.25, 0.3) is 0 Å². The fourth-order valence-electron chi connectivity index (χ4n) is 1.40. The minimum atomic E-state index is -4.46. The molecule has 1 heterocycles. The highest BCUT2D eigenvalue weighted by Crippen LogP contribution is 2.28. The molecule has 0 saturated heterocycles. The second kappa shape index (κ2) is 5.24. The van der Waals surface area contributed by atoms with Crippen LogP contribution in [0.4, 0.5) is 19.0 Å². The fourth-order valence-corrected chi connectivity index (χ4v) is 1.40. The highest BCUT2D eigenvalue weighted by atomic mass is 19.4. The molecule has 1 aromatic rings. The molecule has 0 aliphatic heterocycles. The van der Waals surface area contributed by atoms with E-state index in [9.17, 15) is 13.2 Å². The van der Waals surface area contributed by atoms with E-state index in [4.69, 9.17) is 11.1 Å². The van der Waals surface area contributed by atoms with Gasteiger partial charge in [0.2, 0.25) is 0 Å². The third kappa shape index (κ3) is 3.61. The Morgan fingerprint density at radius 1 is 1.50 bits per heavy atom. The van der Waals surface area contributed by atoms with E-state index < -0.39 is 11.9 Å². The molecule has 0 aliphatic carbocycles. The highest BCUT2D eigenvalue weighted by Gasteiger charge is 2.32. The maximum atomic E-state index is 12.5. The van der Waals surface area contributed by atoms with E-state index in [1.54, 1.807) is 18.9 Å². The largest absolute Gasteiger partial charge is 0.433 e. The van der Waals surface area contributed by atoms with Crippen molar-refractivity contribution in [2.75, 3.05) is 18.5 Å². The molecule has 0 radical (unpaired) electrons. The third-order valence-electron chi connectivity index (χ3n) is 2.49. The van der Waals surface area contributed by atoms with Crippen LogP contribution in [0.3, 0.4) is 0 Å². The average Bonchev–Trinajstić information content (AvgIpc) is 2.27. The molecular weight excluding hydrogens is 245 g/mol. The summed E-state index contributed by atoms with van der Waals surface area (Å²) in [5, 5.41) is 7.25. The van der Waals surface area contributed by atoms with Crippen molar-refractivity contribution in [1.29, 1.82) is 5.41 Å². The molecule has 0 aliphatic rings. The van der Waals surface area contributed by atoms with Crippen LogP contribution >= 0.6 is 0 Å². The summed E-state index contributed by atoms with van der Waals surface area (Å²) in [5.41, 5.74) is 4.39. The van der Waals surface area contributed by atoms with E-state index in [2.05, 4.69) is 4.98 Å². The normalized spacial score (nSPS) is 13.2. The van der Waals surface area contributed by atoms with Gasteiger partial charge < -0.3 is 10.6 Å². The van der Waals surface area contributed by atoms with Gasteiger partial charge >= 0.3 is 6.18 Å². The number of anilines is 1. The van der Waals surface area contributed by atoms with Crippen LogP contribution in [0.15, 0.2) is 18.2 Å². The van der Waals surface area contributed by atoms with Gasteiger partial charge in [-0.1, -0.05) is 13.0 Å². The molecule has 0 saturated carbocycles. The molecule has 0 bridgehead atoms. The lowest BCUT2D eigenvalue weighted by atomic mass is 10.1. The number of amidine groups is 1. The number of hydrogen-bond acceptors (Lipinski definition) is 3. The van der Waals surface area contributed by atoms with Gasteiger partial charge in [-0.15, -0.1) is 0 Å². The summed E-state index contributed by atoms with van der Waals surface area (Å²) in [6.07, 6.45) is -4.46. The van der Waals surface area contributed by atoms with Gasteiger partial charge in [-0.05, 0) is 12.1 Å². The number of hydrogen-bond donors (Lipinski definition) is 2. The predicted octanol–water partition coefficient (Wildman–Crippen LogP) is 2.11. The van der Waals surface area contributed by atoms with Crippen LogP contribution in [-0.4, -0.2) is 24.4 Å². The van der Waals surface area contributed by atoms with Crippen molar-refractivity contribution in [3.8, 4) is 0 Å². The zero-order chi connectivity index (χ0) is 13.9. The minimum absolute atomic E-state index is 0.00572. The molecule has 0 spiro atoms. The van der Waals surface area contributed by atoms with Gasteiger partial charge in [-0.25, -0.2) is 4.98 Å². The van der Waals surface area contributed by atoms with Crippen LogP contribution < -0.4 is 10.6 Å². The number of nitrogens with one attached hydrogen (secondary N) is 1. The topological polar surface area (TPSA) is 66.0 Å². The number of alkyl halides is 3. The maximum absolute atomic E-state index is 12.5. The summed E-state index contributed by atoms with van der Waals surface area (Å²) in [6, 6.07) is 3.72. The second-order valence-electron chi connectivity index (χ2n) is 4.12. The van der Waals surface area contributed by atoms with E-state index >= 15 is 0 Å². The zero-order valence-electron chi connectivity index (χ0n) is 10.1. The Balaban J connectivity index is 2.87. The summed E-state index contributed by atoms with van der Waals surface area (Å²) in [4.78, 5) is 5.09. The number of aromatic nitrogens is 1. The van der Waals surface area contributed by atoms with Gasteiger partial charge in [0, 0.05) is 19.5 Å². The van der Waals surface area contributed by atoms with Crippen molar-refractivity contribution in [2.24, 2.45) is 11.7 Å². The lowest BCUT2D eigenvalue weighted by molar-refractivity contribution is -0.141. The van der Waals surface area contributed by atoms with E-state index in [0.717, 1.165) is 6.07 Å². The second-order valence-corrected chi connectivity index (χ2v) is 4.12. The molecule has 1 rings (SSSR count). The number of nitrogens with two attached hydrogens (primary N) is 1. The van der Waals surface area contributed by atoms with Crippen LogP contribution in [-0.2, 0) is 6.18 Å². The first kappa shape index (κ1) is 14.3. The highest BCUT2D eigenvalue weighted by molar-refractivity contribution is 5.79. The van der Waals surface area contributed by atoms with Crippen LogP contribution in [0.2, 0.25) is 0 Å². The van der Waals surface area contributed by atoms with E-state index in [1.807, 2.05) is 0 Å². The Labute approximate surface area is 103 Å². The smallest absolute Gasteiger partial charge is 0.387 e. The SMILES string of the molecule is CC(CN(C)c1cccc(C(F)(F)F)n1)C(=N)N. The summed E-state index contributed by atoms with van der Waals surface area (Å²) in [6.45, 7) is 2.07. The van der Waals surface area contributed by atoms with E-state index in [1.165, 1.54) is 12.1 Å². The summed E-state index contributed by atoms with van der Waals surface area (Å²) in [7, 11) is 1.61. The number of pyridine rings is 1. The maximum Gasteiger partial charge on any atom is 0.433 e. The Morgan fingerprint density at radius 3 is 2.61 bits per heavy atom. The predicted molar refractivity (Wildman–Crippen MR) is 63.6 cm³/mol. The van der Waals surface area contributed by atoms with Gasteiger partial charge in [0.05, 0.1) is 5.84 Å². The minimum Gasteiger partial charge on any atom is -0.387 e. The van der Waals surface area contributed by atoms with Gasteiger partial charge in [0.1, 0.15) is 11.5 Å². The molecule has 1 aromatic heterocycles. The molecule has 100 valence electrons. The Hall–Kier alpha value is -1.79. The number of rotatable bonds is 4. The van der Waals surface area contributed by atoms with Crippen molar-refractivity contribution in [1.82, 2.24) is 4.98 Å². The Morgan fingerprint density at radius 2 is 2.11 bits per heavy atom. The van der Waals surface area contributed by atoms with E-state index in [-0.39, 0.29) is 17.6 Å². The third-order valence-corrected chi connectivity index (χ3v) is 2.49. The van der Waals surface area contributed by atoms with Crippen molar-refractivity contribution in [3.63, 3.8) is 0 Å². The monoisotopic (exact) mass is 260 g/mol. The lowest BCUT2D eigenvalue weighted by Crippen LogP contribution is -2.32. The molecule has 7 heteroatoms. The molecule has 0 amide bonds. The van der Waals surface area contributed by atoms with Crippen LogP contribution in [0.1, 0.15) is 12.6 Å². The van der Waals surface area contributed by atoms with Gasteiger partial charge in [-0.2, -0.15) is 13.2 Å². The first-order valence-corrected chi connectivity index (χ1v) is 5.31. The van der Waals surface area contributed by atoms with Gasteiger partial charge in [0.15, 0.2) is 0 Å². The molecular formula is C11H15F3N4. The summed E-state index contributed by atoms with van der Waals surface area (Å²) in [5.74, 6) is -0.0434. The van der Waals surface area contributed by atoms with Crippen molar-refractivity contribution in [3.05, 3.63) is 23.9 Å². The van der Waals surface area contributed by atoms with Crippen LogP contribution in [0.5, 0.6) is 0 Å². The molecule has 0 aromatic carbocycles. The molecule has 3 N–H and O–H groups in total. The van der Waals surface area contributed by atoms with Gasteiger partial charge in [0.25, 0.3) is 0 Å². The lowest BCUT2D eigenvalue weighted by Gasteiger charge is -2.22. The zero-order valence-corrected chi connectivity index (χ0v) is 10.1. The quantitative estimate of drug-likeness (QED) is 0.643. The first-order valence-electron chi connectivity index (χ1n) is 5.31. The first-order chi connectivity index (χ1) is 8.21. The van der Waals surface area contributed by atoms with Crippen molar-refractivity contribution < 1.29 is 13.2 Å². The summed E-state index contributed by atoms with van der Waals surface area (Å²) < 4.78 is 37.5.